The summed E-state index contributed by atoms with van der Waals surface area (Å²) >= 11 is 0. The lowest BCUT2D eigenvalue weighted by molar-refractivity contribution is 0.103. The first-order valence-corrected chi connectivity index (χ1v) is 7.76. The zero-order chi connectivity index (χ0) is 14.4. The van der Waals surface area contributed by atoms with Crippen molar-refractivity contribution in [2.45, 2.75) is 38.7 Å². The van der Waals surface area contributed by atoms with E-state index in [4.69, 9.17) is 4.74 Å². The Balaban J connectivity index is 1.83. The first kappa shape index (κ1) is 12.6. The minimum absolute atomic E-state index is 0.160. The Hall–Kier alpha value is -2.09. The van der Waals surface area contributed by atoms with E-state index in [2.05, 4.69) is 25.1 Å². The van der Waals surface area contributed by atoms with Gasteiger partial charge in [0.1, 0.15) is 11.9 Å². The number of unbranched alkanes of at least 4 members (excludes halogenated alkanes) is 1. The van der Waals surface area contributed by atoms with E-state index in [0.29, 0.717) is 0 Å². The molecule has 0 aromatic heterocycles. The van der Waals surface area contributed by atoms with Gasteiger partial charge in [0, 0.05) is 28.5 Å². The molecule has 2 aromatic rings. The molecular weight excluding hydrogens is 260 g/mol. The molecule has 1 unspecified atom stereocenters. The van der Waals surface area contributed by atoms with Gasteiger partial charge in [-0.05, 0) is 11.8 Å². The van der Waals surface area contributed by atoms with Crippen molar-refractivity contribution in [2.75, 3.05) is 0 Å². The van der Waals surface area contributed by atoms with Crippen molar-refractivity contribution in [3.63, 3.8) is 0 Å². The highest BCUT2D eigenvalue weighted by Gasteiger charge is 2.35. The van der Waals surface area contributed by atoms with Gasteiger partial charge in [-0.3, -0.25) is 4.79 Å². The van der Waals surface area contributed by atoms with E-state index in [-0.39, 0.29) is 11.9 Å². The summed E-state index contributed by atoms with van der Waals surface area (Å²) in [5, 5.41) is 2.17. The minimum atomic E-state index is 0.160. The van der Waals surface area contributed by atoms with Crippen LogP contribution in [0.1, 0.15) is 48.5 Å². The monoisotopic (exact) mass is 278 g/mol. The van der Waals surface area contributed by atoms with Crippen LogP contribution in [0.5, 0.6) is 0 Å². The molecule has 0 N–H and O–H groups in total. The van der Waals surface area contributed by atoms with Crippen LogP contribution in [0.15, 0.2) is 42.0 Å². The third-order valence-electron chi connectivity index (χ3n) is 4.54. The lowest BCUT2D eigenvalue weighted by Gasteiger charge is -2.18. The lowest BCUT2D eigenvalue weighted by Crippen LogP contribution is -2.10. The minimum Gasteiger partial charge on any atom is -0.489 e. The predicted octanol–water partition coefficient (Wildman–Crippen LogP) is 4.73. The fourth-order valence-electron chi connectivity index (χ4n) is 3.50. The summed E-state index contributed by atoms with van der Waals surface area (Å²) < 4.78 is 6.14. The summed E-state index contributed by atoms with van der Waals surface area (Å²) in [6.07, 6.45) is 4.27. The van der Waals surface area contributed by atoms with Crippen LogP contribution in [0.25, 0.3) is 16.5 Å². The first-order valence-electron chi connectivity index (χ1n) is 7.76. The van der Waals surface area contributed by atoms with Crippen molar-refractivity contribution in [3.05, 3.63) is 53.1 Å². The molecule has 1 heterocycles. The summed E-state index contributed by atoms with van der Waals surface area (Å²) in [5.41, 5.74) is 2.81. The molecule has 2 aliphatic rings. The molecule has 0 saturated carbocycles. The molecule has 0 spiro atoms. The van der Waals surface area contributed by atoms with Gasteiger partial charge < -0.3 is 4.74 Å². The number of carbonyl (C=O) groups excluding carboxylic acids is 1. The highest BCUT2D eigenvalue weighted by Crippen LogP contribution is 2.43. The van der Waals surface area contributed by atoms with Crippen LogP contribution in [-0.4, -0.2) is 11.9 Å². The van der Waals surface area contributed by atoms with Crippen LogP contribution in [-0.2, 0) is 4.74 Å². The second kappa shape index (κ2) is 4.73. The van der Waals surface area contributed by atoms with E-state index >= 15 is 0 Å². The van der Waals surface area contributed by atoms with Gasteiger partial charge in [-0.2, -0.15) is 0 Å². The van der Waals surface area contributed by atoms with E-state index in [1.165, 1.54) is 0 Å². The molecule has 1 atom stereocenters. The van der Waals surface area contributed by atoms with Gasteiger partial charge in [0.2, 0.25) is 0 Å². The second-order valence-electron chi connectivity index (χ2n) is 5.93. The van der Waals surface area contributed by atoms with Crippen molar-refractivity contribution < 1.29 is 9.53 Å². The molecule has 1 aliphatic heterocycles. The van der Waals surface area contributed by atoms with Gasteiger partial charge in [-0.15, -0.1) is 0 Å². The van der Waals surface area contributed by atoms with Crippen molar-refractivity contribution in [3.8, 4) is 0 Å². The normalized spacial score (nSPS) is 19.9. The molecule has 1 aliphatic carbocycles. The van der Waals surface area contributed by atoms with Crippen LogP contribution in [0.3, 0.4) is 0 Å². The Morgan fingerprint density at radius 1 is 1.14 bits per heavy atom. The first-order chi connectivity index (χ1) is 10.3. The number of ketones is 1. The van der Waals surface area contributed by atoms with Crippen molar-refractivity contribution in [1.29, 1.82) is 0 Å². The molecule has 21 heavy (non-hydrogen) atoms. The molecule has 0 fully saturated rings. The fourth-order valence-corrected chi connectivity index (χ4v) is 3.50. The quantitative estimate of drug-likeness (QED) is 0.811. The lowest BCUT2D eigenvalue weighted by atomic mass is 9.86. The Morgan fingerprint density at radius 2 is 1.90 bits per heavy atom. The van der Waals surface area contributed by atoms with Crippen LogP contribution in [0, 0.1) is 0 Å². The molecule has 0 amide bonds. The Morgan fingerprint density at radius 3 is 2.67 bits per heavy atom. The average Bonchev–Trinajstić information content (AvgIpc) is 2.95. The molecule has 106 valence electrons. The number of fused-ring (bicyclic) bond motifs is 1. The van der Waals surface area contributed by atoms with Crippen molar-refractivity contribution in [1.82, 2.24) is 0 Å². The maximum Gasteiger partial charge on any atom is 0.193 e. The number of benzene rings is 2. The number of Topliss-reactive ketones (excluding diaryl/α,β-unsaturated/α-hetero) is 1. The summed E-state index contributed by atoms with van der Waals surface area (Å²) in [7, 11) is 0. The number of hydrogen-bond donors (Lipinski definition) is 0. The van der Waals surface area contributed by atoms with Gasteiger partial charge in [0.25, 0.3) is 0 Å². The molecule has 2 aromatic carbocycles. The van der Waals surface area contributed by atoms with Crippen LogP contribution in [0.2, 0.25) is 0 Å². The van der Waals surface area contributed by atoms with Gasteiger partial charge in [0.15, 0.2) is 5.78 Å². The van der Waals surface area contributed by atoms with Gasteiger partial charge >= 0.3 is 0 Å². The smallest absolute Gasteiger partial charge is 0.193 e. The van der Waals surface area contributed by atoms with Gasteiger partial charge in [0.05, 0.1) is 0 Å². The van der Waals surface area contributed by atoms with Gasteiger partial charge in [-0.25, -0.2) is 0 Å². The van der Waals surface area contributed by atoms with Crippen LogP contribution in [0.4, 0.5) is 0 Å². The summed E-state index contributed by atoms with van der Waals surface area (Å²) in [4.78, 5) is 12.8. The third kappa shape index (κ3) is 1.82. The van der Waals surface area contributed by atoms with Crippen LogP contribution >= 0.6 is 0 Å². The van der Waals surface area contributed by atoms with E-state index < -0.39 is 0 Å². The van der Waals surface area contributed by atoms with Crippen molar-refractivity contribution in [2.24, 2.45) is 0 Å². The molecule has 2 heteroatoms. The van der Waals surface area contributed by atoms with Crippen molar-refractivity contribution >= 4 is 22.3 Å². The number of hydrogen-bond acceptors (Lipinski definition) is 2. The number of rotatable bonds is 3. The SMILES string of the molecule is CCCCC1CC2=C(O1)c1cccc3cccc(c13)C2=O. The molecular formula is C19H18O2. The average molecular weight is 278 g/mol. The summed E-state index contributed by atoms with van der Waals surface area (Å²) in [5.74, 6) is 0.999. The maximum atomic E-state index is 12.8. The maximum absolute atomic E-state index is 12.8. The molecule has 2 nitrogen and oxygen atoms in total. The summed E-state index contributed by atoms with van der Waals surface area (Å²) in [6, 6.07) is 12.2. The van der Waals surface area contributed by atoms with Gasteiger partial charge in [-0.1, -0.05) is 56.2 Å². The number of carbonyl (C=O) groups is 1. The molecule has 0 bridgehead atoms. The fraction of sp³-hybridized carbons (Fsp3) is 0.316. The largest absolute Gasteiger partial charge is 0.489 e. The summed E-state index contributed by atoms with van der Waals surface area (Å²) in [6.45, 7) is 2.18. The van der Waals surface area contributed by atoms with Crippen LogP contribution < -0.4 is 0 Å². The third-order valence-corrected chi connectivity index (χ3v) is 4.54. The standard InChI is InChI=1S/C19H18O2/c1-2-3-8-13-11-16-18(20)14-9-4-6-12-7-5-10-15(17(12)14)19(16)21-13/h4-7,9-10,13H,2-3,8,11H2,1H3. The highest BCUT2D eigenvalue weighted by atomic mass is 16.5. The Bertz CT molecular complexity index is 765. The Kier molecular flexibility index (Phi) is 2.85. The highest BCUT2D eigenvalue weighted by molar-refractivity contribution is 6.24. The molecule has 0 saturated heterocycles. The molecule has 0 radical (unpaired) electrons. The van der Waals surface area contributed by atoms with E-state index in [0.717, 1.165) is 58.9 Å². The molecule has 4 rings (SSSR count). The zero-order valence-corrected chi connectivity index (χ0v) is 12.2. The van der Waals surface area contributed by atoms with E-state index in [1.807, 2.05) is 18.2 Å². The predicted molar refractivity (Wildman–Crippen MR) is 84.2 cm³/mol. The second-order valence-corrected chi connectivity index (χ2v) is 5.93. The van der Waals surface area contributed by atoms with E-state index in [1.54, 1.807) is 0 Å². The number of ether oxygens (including phenoxy) is 1. The Labute approximate surface area is 124 Å². The topological polar surface area (TPSA) is 26.3 Å². The van der Waals surface area contributed by atoms with E-state index in [9.17, 15) is 4.79 Å². The zero-order valence-electron chi connectivity index (χ0n) is 12.2.